The van der Waals surface area contributed by atoms with Crippen molar-refractivity contribution in [2.24, 2.45) is 0 Å². The zero-order chi connectivity index (χ0) is 21.0. The van der Waals surface area contributed by atoms with Crippen LogP contribution in [-0.2, 0) is 0 Å². The smallest absolute Gasteiger partial charge is 0.259 e. The number of fused-ring (bicyclic) bond motifs is 1. The minimum Gasteiger partial charge on any atom is -0.486 e. The third-order valence-electron chi connectivity index (χ3n) is 5.24. The van der Waals surface area contributed by atoms with Crippen molar-refractivity contribution in [3.05, 3.63) is 60.6 Å². The molecule has 4 heterocycles. The second-order valence-electron chi connectivity index (χ2n) is 7.22. The molecule has 2 aromatic heterocycles. The highest BCUT2D eigenvalue weighted by atomic mass is 16.6. The van der Waals surface area contributed by atoms with Gasteiger partial charge in [0, 0.05) is 32.4 Å². The first-order valence-corrected chi connectivity index (χ1v) is 10.2. The molecule has 1 amide bonds. The van der Waals surface area contributed by atoms with E-state index in [0.29, 0.717) is 41.9 Å². The molecule has 0 bridgehead atoms. The molecule has 1 saturated heterocycles. The summed E-state index contributed by atoms with van der Waals surface area (Å²) >= 11 is 0. The van der Waals surface area contributed by atoms with Crippen molar-refractivity contribution in [1.29, 1.82) is 0 Å². The van der Waals surface area contributed by atoms with E-state index >= 15 is 0 Å². The van der Waals surface area contributed by atoms with Crippen molar-refractivity contribution in [1.82, 2.24) is 15.0 Å². The van der Waals surface area contributed by atoms with Crippen LogP contribution in [0.3, 0.4) is 0 Å². The number of benzene rings is 1. The summed E-state index contributed by atoms with van der Waals surface area (Å²) in [4.78, 5) is 30.4. The predicted molar refractivity (Wildman–Crippen MR) is 116 cm³/mol. The van der Waals surface area contributed by atoms with Gasteiger partial charge < -0.3 is 24.6 Å². The largest absolute Gasteiger partial charge is 0.486 e. The molecule has 31 heavy (non-hydrogen) atoms. The summed E-state index contributed by atoms with van der Waals surface area (Å²) in [5.41, 5.74) is 0.946. The molecule has 1 N–H and O–H groups in total. The van der Waals surface area contributed by atoms with E-state index in [1.807, 2.05) is 24.4 Å². The Balaban J connectivity index is 1.22. The van der Waals surface area contributed by atoms with Crippen LogP contribution in [0.2, 0.25) is 0 Å². The first-order chi connectivity index (χ1) is 15.3. The fourth-order valence-electron chi connectivity index (χ4n) is 3.68. The van der Waals surface area contributed by atoms with E-state index in [9.17, 15) is 4.79 Å². The lowest BCUT2D eigenvalue weighted by atomic mass is 10.1. The Bertz CT molecular complexity index is 1050. The van der Waals surface area contributed by atoms with Gasteiger partial charge in [-0.15, -0.1) is 0 Å². The van der Waals surface area contributed by atoms with E-state index in [4.69, 9.17) is 9.47 Å². The highest BCUT2D eigenvalue weighted by Gasteiger charge is 2.22. The van der Waals surface area contributed by atoms with Crippen molar-refractivity contribution in [2.75, 3.05) is 54.5 Å². The Morgan fingerprint density at radius 3 is 2.42 bits per heavy atom. The molecule has 9 heteroatoms. The van der Waals surface area contributed by atoms with E-state index in [0.717, 1.165) is 32.0 Å². The number of pyridine rings is 1. The molecule has 0 unspecified atom stereocenters. The lowest BCUT2D eigenvalue weighted by Gasteiger charge is -2.35. The van der Waals surface area contributed by atoms with Crippen molar-refractivity contribution < 1.29 is 14.3 Å². The van der Waals surface area contributed by atoms with Crippen LogP contribution in [0.4, 0.5) is 17.5 Å². The average molecular weight is 418 g/mol. The molecule has 9 nitrogen and oxygen atoms in total. The Morgan fingerprint density at radius 2 is 1.65 bits per heavy atom. The van der Waals surface area contributed by atoms with E-state index in [1.165, 1.54) is 0 Å². The molecule has 5 rings (SSSR count). The zero-order valence-electron chi connectivity index (χ0n) is 16.9. The van der Waals surface area contributed by atoms with Crippen LogP contribution in [0.5, 0.6) is 11.5 Å². The highest BCUT2D eigenvalue weighted by Crippen LogP contribution is 2.34. The zero-order valence-corrected chi connectivity index (χ0v) is 16.9. The maximum Gasteiger partial charge on any atom is 0.259 e. The van der Waals surface area contributed by atoms with Gasteiger partial charge in [0.2, 0.25) is 5.95 Å². The molecule has 0 aliphatic carbocycles. The van der Waals surface area contributed by atoms with E-state index in [2.05, 4.69) is 30.1 Å². The molecule has 0 radical (unpaired) electrons. The van der Waals surface area contributed by atoms with Crippen LogP contribution in [0.15, 0.2) is 55.0 Å². The van der Waals surface area contributed by atoms with Crippen molar-refractivity contribution >= 4 is 23.4 Å². The van der Waals surface area contributed by atoms with Crippen LogP contribution in [-0.4, -0.2) is 60.3 Å². The number of rotatable bonds is 4. The maximum absolute atomic E-state index is 12.7. The number of amides is 1. The van der Waals surface area contributed by atoms with Crippen molar-refractivity contribution in [2.45, 2.75) is 0 Å². The van der Waals surface area contributed by atoms with Crippen molar-refractivity contribution in [3.63, 3.8) is 0 Å². The predicted octanol–water partition coefficient (Wildman–Crippen LogP) is 2.22. The second-order valence-corrected chi connectivity index (χ2v) is 7.22. The second kappa shape index (κ2) is 8.47. The van der Waals surface area contributed by atoms with Gasteiger partial charge in [-0.2, -0.15) is 0 Å². The number of nitrogens with zero attached hydrogens (tertiary/aromatic N) is 5. The molecule has 3 aromatic rings. The first-order valence-electron chi connectivity index (χ1n) is 10.2. The lowest BCUT2D eigenvalue weighted by molar-refractivity contribution is 0.101. The van der Waals surface area contributed by atoms with Gasteiger partial charge >= 0.3 is 0 Å². The van der Waals surface area contributed by atoms with Crippen LogP contribution in [0.1, 0.15) is 10.4 Å². The summed E-state index contributed by atoms with van der Waals surface area (Å²) in [6.07, 6.45) is 5.05. The highest BCUT2D eigenvalue weighted by molar-refractivity contribution is 6.06. The van der Waals surface area contributed by atoms with Crippen molar-refractivity contribution in [3.8, 4) is 11.5 Å². The standard InChI is InChI=1S/C22H22N6O3/c29-21(17-4-3-5-18-20(17)31-13-12-30-18)26-16-14-24-22(25-15-16)28-10-8-27(9-11-28)19-6-1-2-7-23-19/h1-7,14-15H,8-13H2,(H,26,29). The van der Waals surface area contributed by atoms with Gasteiger partial charge in [-0.05, 0) is 24.3 Å². The molecular formula is C22H22N6O3. The summed E-state index contributed by atoms with van der Waals surface area (Å²) in [6.45, 7) is 4.19. The number of hydrogen-bond donors (Lipinski definition) is 1. The van der Waals surface area contributed by atoms with Crippen LogP contribution < -0.4 is 24.6 Å². The van der Waals surface area contributed by atoms with Crippen LogP contribution in [0.25, 0.3) is 0 Å². The van der Waals surface area contributed by atoms with Crippen LogP contribution >= 0.6 is 0 Å². The number of para-hydroxylation sites is 1. The van der Waals surface area contributed by atoms with Gasteiger partial charge in [-0.1, -0.05) is 12.1 Å². The third kappa shape index (κ3) is 4.07. The Morgan fingerprint density at radius 1 is 0.871 bits per heavy atom. The quantitative estimate of drug-likeness (QED) is 0.690. The number of aromatic nitrogens is 3. The summed E-state index contributed by atoms with van der Waals surface area (Å²) in [6, 6.07) is 11.2. The fourth-order valence-corrected chi connectivity index (χ4v) is 3.68. The van der Waals surface area contributed by atoms with Gasteiger partial charge in [0.25, 0.3) is 5.91 Å². The maximum atomic E-state index is 12.7. The monoisotopic (exact) mass is 418 g/mol. The molecule has 1 aromatic carbocycles. The summed E-state index contributed by atoms with van der Waals surface area (Å²) in [5.74, 6) is 2.39. The van der Waals surface area contributed by atoms with Gasteiger partial charge in [0.05, 0.1) is 23.6 Å². The minimum absolute atomic E-state index is 0.289. The number of anilines is 3. The van der Waals surface area contributed by atoms with E-state index < -0.39 is 0 Å². The number of nitrogens with one attached hydrogen (secondary N) is 1. The Hall–Kier alpha value is -3.88. The molecular weight excluding hydrogens is 396 g/mol. The molecule has 0 saturated carbocycles. The molecule has 158 valence electrons. The number of ether oxygens (including phenoxy) is 2. The number of piperazine rings is 1. The number of carbonyl (C=O) groups excluding carboxylic acids is 1. The summed E-state index contributed by atoms with van der Waals surface area (Å²) in [7, 11) is 0. The third-order valence-corrected chi connectivity index (χ3v) is 5.24. The lowest BCUT2D eigenvalue weighted by Crippen LogP contribution is -2.47. The van der Waals surface area contributed by atoms with Gasteiger partial charge in [-0.3, -0.25) is 4.79 Å². The number of hydrogen-bond acceptors (Lipinski definition) is 8. The number of carbonyl (C=O) groups is 1. The first kappa shape index (κ1) is 19.1. The van der Waals surface area contributed by atoms with Crippen LogP contribution in [0, 0.1) is 0 Å². The Kier molecular flexibility index (Phi) is 5.22. The summed E-state index contributed by atoms with van der Waals surface area (Å²) in [5, 5.41) is 2.83. The summed E-state index contributed by atoms with van der Waals surface area (Å²) < 4.78 is 11.2. The SMILES string of the molecule is O=C(Nc1cnc(N2CCN(c3ccccn3)CC2)nc1)c1cccc2c1OCCO2. The van der Waals surface area contributed by atoms with E-state index in [1.54, 1.807) is 30.6 Å². The van der Waals surface area contributed by atoms with Gasteiger partial charge in [0.15, 0.2) is 11.5 Å². The minimum atomic E-state index is -0.289. The normalized spacial score (nSPS) is 15.5. The molecule has 0 atom stereocenters. The Labute approximate surface area is 179 Å². The molecule has 2 aliphatic heterocycles. The molecule has 0 spiro atoms. The average Bonchev–Trinajstić information content (AvgIpc) is 2.85. The molecule has 1 fully saturated rings. The topological polar surface area (TPSA) is 92.7 Å². The molecule has 2 aliphatic rings. The van der Waals surface area contributed by atoms with Gasteiger partial charge in [0.1, 0.15) is 19.0 Å². The van der Waals surface area contributed by atoms with E-state index in [-0.39, 0.29) is 5.91 Å². The van der Waals surface area contributed by atoms with Gasteiger partial charge in [-0.25, -0.2) is 15.0 Å². The fraction of sp³-hybridized carbons (Fsp3) is 0.273.